The number of alkyl halides is 1. The van der Waals surface area contributed by atoms with Crippen molar-refractivity contribution in [1.29, 1.82) is 0 Å². The molecule has 1 aromatic carbocycles. The van der Waals surface area contributed by atoms with Gasteiger partial charge in [0, 0.05) is 12.7 Å². The van der Waals surface area contributed by atoms with Crippen LogP contribution in [0.5, 0.6) is 0 Å². The normalized spacial score (nSPS) is 8.50. The molecule has 0 heterocycles. The molecular weight excluding hydrogens is 200 g/mol. The number of rotatable bonds is 2. The van der Waals surface area contributed by atoms with Crippen molar-refractivity contribution in [3.8, 4) is 0 Å². The van der Waals surface area contributed by atoms with Gasteiger partial charge in [0.25, 0.3) is 0 Å². The number of benzene rings is 1. The van der Waals surface area contributed by atoms with Gasteiger partial charge >= 0.3 is 0 Å². The van der Waals surface area contributed by atoms with Gasteiger partial charge in [-0.25, -0.2) is 0 Å². The molecule has 78 valence electrons. The van der Waals surface area contributed by atoms with Crippen molar-refractivity contribution in [1.82, 2.24) is 0 Å². The van der Waals surface area contributed by atoms with E-state index in [1.54, 1.807) is 0 Å². The number of nitrogens with one attached hydrogen (secondary N) is 1. The van der Waals surface area contributed by atoms with Gasteiger partial charge < -0.3 is 11.1 Å². The lowest BCUT2D eigenvalue weighted by molar-refractivity contribution is -0.115. The van der Waals surface area contributed by atoms with E-state index in [-0.39, 0.29) is 5.88 Å². The molecule has 14 heavy (non-hydrogen) atoms. The van der Waals surface area contributed by atoms with Crippen molar-refractivity contribution in [3.05, 3.63) is 29.8 Å². The highest BCUT2D eigenvalue weighted by molar-refractivity contribution is 6.27. The molecule has 0 unspecified atom stereocenters. The minimum absolute atomic E-state index is 0.0833. The lowest BCUT2D eigenvalue weighted by Gasteiger charge is -1.97. The molecule has 0 spiro atoms. The Morgan fingerprint density at radius 1 is 1.43 bits per heavy atom. The van der Waals surface area contributed by atoms with Crippen LogP contribution in [0, 0.1) is 6.92 Å². The monoisotopic (exact) mass is 214 g/mol. The Morgan fingerprint density at radius 3 is 2.14 bits per heavy atom. The Labute approximate surface area is 89.3 Å². The van der Waals surface area contributed by atoms with Crippen LogP contribution in [0.3, 0.4) is 0 Å². The molecule has 0 atom stereocenters. The second kappa shape index (κ2) is 7.21. The number of amides is 1. The number of carbonyl (C=O) groups excluding carboxylic acids is 1. The van der Waals surface area contributed by atoms with Crippen LogP contribution in [0.2, 0.25) is 0 Å². The maximum Gasteiger partial charge on any atom is 0.232 e. The van der Waals surface area contributed by atoms with Crippen LogP contribution in [0.15, 0.2) is 24.3 Å². The molecule has 0 saturated heterocycles. The fraction of sp³-hybridized carbons (Fsp3) is 0.300. The fourth-order valence-corrected chi connectivity index (χ4v) is 0.720. The molecule has 3 nitrogen and oxygen atoms in total. The van der Waals surface area contributed by atoms with Gasteiger partial charge in [-0.05, 0) is 19.1 Å². The molecule has 0 aliphatic rings. The highest BCUT2D eigenvalue weighted by Crippen LogP contribution is 2.06. The Bertz CT molecular complexity index is 272. The maximum atomic E-state index is 9.46. The Hall–Kier alpha value is -1.22. The molecule has 0 aliphatic heterocycles. The summed E-state index contributed by atoms with van der Waals surface area (Å²) in [6.07, 6.45) is 0. The van der Waals surface area contributed by atoms with E-state index in [1.807, 2.05) is 7.05 Å². The average molecular weight is 215 g/mol. The lowest BCUT2D eigenvalue weighted by atomic mass is 10.2. The lowest BCUT2D eigenvalue weighted by Crippen LogP contribution is -2.10. The quantitative estimate of drug-likeness (QED) is 0.737. The minimum Gasteiger partial charge on any atom is -0.388 e. The van der Waals surface area contributed by atoms with Crippen molar-refractivity contribution in [2.24, 2.45) is 5.73 Å². The molecule has 0 saturated carbocycles. The zero-order chi connectivity index (χ0) is 11.0. The Kier molecular flexibility index (Phi) is 6.58. The van der Waals surface area contributed by atoms with Crippen LogP contribution in [0.4, 0.5) is 5.69 Å². The standard InChI is InChI=1S/C8H11N.C2H4ClNO/c1-7-3-5-8(9-2)6-4-7;3-1-2(4)5/h3-6,9H,1-2H3;1H2,(H2,4,5). The molecule has 3 N–H and O–H groups in total. The summed E-state index contributed by atoms with van der Waals surface area (Å²) in [5, 5.41) is 3.05. The second-order valence-corrected chi connectivity index (χ2v) is 2.98. The molecule has 0 aromatic heterocycles. The average Bonchev–Trinajstić information content (AvgIpc) is 2.20. The summed E-state index contributed by atoms with van der Waals surface area (Å²) in [7, 11) is 1.92. The largest absolute Gasteiger partial charge is 0.388 e. The van der Waals surface area contributed by atoms with Gasteiger partial charge in [-0.3, -0.25) is 4.79 Å². The van der Waals surface area contributed by atoms with E-state index in [0.29, 0.717) is 0 Å². The molecule has 0 bridgehead atoms. The maximum absolute atomic E-state index is 9.46. The van der Waals surface area contributed by atoms with Gasteiger partial charge in [-0.1, -0.05) is 17.7 Å². The van der Waals surface area contributed by atoms with E-state index in [1.165, 1.54) is 11.3 Å². The van der Waals surface area contributed by atoms with E-state index in [9.17, 15) is 4.79 Å². The summed E-state index contributed by atoms with van der Waals surface area (Å²) >= 11 is 4.86. The zero-order valence-corrected chi connectivity index (χ0v) is 9.14. The summed E-state index contributed by atoms with van der Waals surface area (Å²) in [6.45, 7) is 2.08. The molecule has 1 rings (SSSR count). The summed E-state index contributed by atoms with van der Waals surface area (Å²) < 4.78 is 0. The van der Waals surface area contributed by atoms with Crippen LogP contribution < -0.4 is 11.1 Å². The summed E-state index contributed by atoms with van der Waals surface area (Å²) in [6, 6.07) is 8.31. The van der Waals surface area contributed by atoms with Crippen molar-refractivity contribution in [3.63, 3.8) is 0 Å². The van der Waals surface area contributed by atoms with Crippen molar-refractivity contribution < 1.29 is 4.79 Å². The van der Waals surface area contributed by atoms with Crippen LogP contribution in [-0.4, -0.2) is 18.8 Å². The van der Waals surface area contributed by atoms with Gasteiger partial charge in [0.2, 0.25) is 5.91 Å². The van der Waals surface area contributed by atoms with E-state index in [4.69, 9.17) is 11.6 Å². The Morgan fingerprint density at radius 2 is 1.86 bits per heavy atom. The summed E-state index contributed by atoms with van der Waals surface area (Å²) in [5.41, 5.74) is 6.99. The van der Waals surface area contributed by atoms with Gasteiger partial charge in [0.15, 0.2) is 0 Å². The van der Waals surface area contributed by atoms with E-state index in [2.05, 4.69) is 42.2 Å². The smallest absolute Gasteiger partial charge is 0.232 e. The Balaban J connectivity index is 0.000000292. The first-order valence-corrected chi connectivity index (χ1v) is 4.72. The van der Waals surface area contributed by atoms with Gasteiger partial charge in [0.05, 0.1) is 0 Å². The predicted octanol–water partition coefficient (Wildman–Crippen LogP) is 1.75. The van der Waals surface area contributed by atoms with E-state index >= 15 is 0 Å². The minimum atomic E-state index is -0.480. The van der Waals surface area contributed by atoms with Crippen LogP contribution in [-0.2, 0) is 4.79 Å². The molecule has 0 aliphatic carbocycles. The van der Waals surface area contributed by atoms with Crippen LogP contribution in [0.1, 0.15) is 5.56 Å². The summed E-state index contributed by atoms with van der Waals surface area (Å²) in [4.78, 5) is 9.46. The van der Waals surface area contributed by atoms with Gasteiger partial charge in [-0.15, -0.1) is 11.6 Å². The fourth-order valence-electron chi connectivity index (χ4n) is 0.720. The first-order valence-electron chi connectivity index (χ1n) is 4.18. The molecular formula is C10H15ClN2O. The third kappa shape index (κ3) is 6.31. The predicted molar refractivity (Wildman–Crippen MR) is 60.6 cm³/mol. The van der Waals surface area contributed by atoms with Crippen LogP contribution >= 0.6 is 11.6 Å². The van der Waals surface area contributed by atoms with Crippen molar-refractivity contribution in [2.75, 3.05) is 18.2 Å². The van der Waals surface area contributed by atoms with E-state index < -0.39 is 5.91 Å². The SMILES string of the molecule is CNc1ccc(C)cc1.NC(=O)CCl. The van der Waals surface area contributed by atoms with Crippen molar-refractivity contribution in [2.45, 2.75) is 6.92 Å². The number of hydrogen-bond acceptors (Lipinski definition) is 2. The molecule has 0 fully saturated rings. The first-order chi connectivity index (χ1) is 6.60. The number of hydrogen-bond donors (Lipinski definition) is 2. The van der Waals surface area contributed by atoms with Crippen molar-refractivity contribution >= 4 is 23.2 Å². The van der Waals surface area contributed by atoms with Crippen LogP contribution in [0.25, 0.3) is 0 Å². The first kappa shape index (κ1) is 12.8. The summed E-state index contributed by atoms with van der Waals surface area (Å²) in [5.74, 6) is -0.563. The molecule has 0 radical (unpaired) electrons. The van der Waals surface area contributed by atoms with Gasteiger partial charge in [0.1, 0.15) is 5.88 Å². The van der Waals surface area contributed by atoms with Gasteiger partial charge in [-0.2, -0.15) is 0 Å². The zero-order valence-electron chi connectivity index (χ0n) is 8.38. The number of halogens is 1. The topological polar surface area (TPSA) is 55.1 Å². The third-order valence-corrected chi connectivity index (χ3v) is 1.74. The molecule has 4 heteroatoms. The highest BCUT2D eigenvalue weighted by atomic mass is 35.5. The third-order valence-electron chi connectivity index (χ3n) is 1.47. The number of primary amides is 1. The highest BCUT2D eigenvalue weighted by Gasteiger charge is 1.83. The molecule has 1 aromatic rings. The number of carbonyl (C=O) groups is 1. The van der Waals surface area contributed by atoms with E-state index in [0.717, 1.165) is 0 Å². The molecule has 1 amide bonds. The number of nitrogens with two attached hydrogens (primary N) is 1. The number of aryl methyl sites for hydroxylation is 1. The second-order valence-electron chi connectivity index (χ2n) is 2.72. The number of anilines is 1.